The molecule has 0 saturated heterocycles. The monoisotopic (exact) mass is 415 g/mol. The van der Waals surface area contributed by atoms with Crippen molar-refractivity contribution in [2.75, 3.05) is 0 Å². The van der Waals surface area contributed by atoms with E-state index in [1.54, 1.807) is 4.68 Å². The number of hydrogen-bond donors (Lipinski definition) is 1. The zero-order valence-corrected chi connectivity index (χ0v) is 14.7. The number of benzene rings is 1. The van der Waals surface area contributed by atoms with Crippen LogP contribution in [0.25, 0.3) is 5.69 Å². The molecule has 112 valence electrons. The maximum absolute atomic E-state index is 10.5. The van der Waals surface area contributed by atoms with Crippen molar-refractivity contribution in [3.05, 3.63) is 38.5 Å². The van der Waals surface area contributed by atoms with Crippen LogP contribution in [0.1, 0.15) is 30.5 Å². The normalized spacial score (nSPS) is 10.8. The van der Waals surface area contributed by atoms with Crippen LogP contribution >= 0.6 is 31.9 Å². The van der Waals surface area contributed by atoms with Gasteiger partial charge < -0.3 is 5.11 Å². The maximum Gasteiger partial charge on any atom is 0.303 e. The minimum atomic E-state index is -0.758. The van der Waals surface area contributed by atoms with Crippen LogP contribution in [0.15, 0.2) is 27.3 Å². The first-order valence-corrected chi connectivity index (χ1v) is 8.15. The van der Waals surface area contributed by atoms with E-state index in [9.17, 15) is 4.79 Å². The van der Waals surface area contributed by atoms with E-state index >= 15 is 0 Å². The molecule has 2 rings (SSSR count). The maximum atomic E-state index is 10.5. The predicted molar refractivity (Wildman–Crippen MR) is 86.7 cm³/mol. The topological polar surface area (TPSA) is 68.0 Å². The summed E-state index contributed by atoms with van der Waals surface area (Å²) in [5.41, 5.74) is 2.91. The standard InChI is InChI=1S/C14H15Br2N3O2/c1-9-6-11(15)14(12(16)7-9)19-8-10(17-18-19)4-2-3-5-13(20)21/h6-8H,2-5H2,1H3,(H,20,21). The summed E-state index contributed by atoms with van der Waals surface area (Å²) in [5.74, 6) is -0.758. The van der Waals surface area contributed by atoms with Crippen molar-refractivity contribution in [1.29, 1.82) is 0 Å². The molecule has 0 aliphatic heterocycles. The molecule has 0 fully saturated rings. The van der Waals surface area contributed by atoms with E-state index in [1.807, 2.05) is 25.3 Å². The Bertz CT molecular complexity index is 632. The number of halogens is 2. The van der Waals surface area contributed by atoms with Gasteiger partial charge >= 0.3 is 5.97 Å². The van der Waals surface area contributed by atoms with Gasteiger partial charge in [0.15, 0.2) is 0 Å². The lowest BCUT2D eigenvalue weighted by molar-refractivity contribution is -0.137. The number of nitrogens with zero attached hydrogens (tertiary/aromatic N) is 3. The van der Waals surface area contributed by atoms with Crippen molar-refractivity contribution in [2.45, 2.75) is 32.6 Å². The van der Waals surface area contributed by atoms with Crippen molar-refractivity contribution in [3.63, 3.8) is 0 Å². The summed E-state index contributed by atoms with van der Waals surface area (Å²) in [7, 11) is 0. The number of aromatic nitrogens is 3. The molecule has 5 nitrogen and oxygen atoms in total. The molecule has 0 saturated carbocycles. The van der Waals surface area contributed by atoms with E-state index in [0.717, 1.165) is 38.7 Å². The quantitative estimate of drug-likeness (QED) is 0.725. The number of unbranched alkanes of at least 4 members (excludes halogenated alkanes) is 1. The van der Waals surface area contributed by atoms with Crippen LogP contribution in [-0.4, -0.2) is 26.1 Å². The fourth-order valence-electron chi connectivity index (χ4n) is 2.02. The zero-order chi connectivity index (χ0) is 15.4. The zero-order valence-electron chi connectivity index (χ0n) is 11.5. The van der Waals surface area contributed by atoms with Crippen molar-refractivity contribution in [3.8, 4) is 5.69 Å². The molecule has 1 N–H and O–H groups in total. The molecule has 21 heavy (non-hydrogen) atoms. The summed E-state index contributed by atoms with van der Waals surface area (Å²) in [5, 5.41) is 16.9. The summed E-state index contributed by atoms with van der Waals surface area (Å²) >= 11 is 7.08. The molecular formula is C14H15Br2N3O2. The lowest BCUT2D eigenvalue weighted by Crippen LogP contribution is -1.98. The molecular weight excluding hydrogens is 402 g/mol. The summed E-state index contributed by atoms with van der Waals surface area (Å²) in [6.45, 7) is 2.02. The van der Waals surface area contributed by atoms with E-state index < -0.39 is 5.97 Å². The smallest absolute Gasteiger partial charge is 0.303 e. The van der Waals surface area contributed by atoms with Gasteiger partial charge in [0.1, 0.15) is 0 Å². The third kappa shape index (κ3) is 4.38. The van der Waals surface area contributed by atoms with Gasteiger partial charge in [0, 0.05) is 15.4 Å². The highest BCUT2D eigenvalue weighted by molar-refractivity contribution is 9.11. The fraction of sp³-hybridized carbons (Fsp3) is 0.357. The second kappa shape index (κ2) is 7.17. The highest BCUT2D eigenvalue weighted by Gasteiger charge is 2.11. The number of rotatable bonds is 6. The van der Waals surface area contributed by atoms with Gasteiger partial charge in [-0.2, -0.15) is 0 Å². The van der Waals surface area contributed by atoms with Crippen LogP contribution in [0.2, 0.25) is 0 Å². The summed E-state index contributed by atoms with van der Waals surface area (Å²) < 4.78 is 3.61. The molecule has 0 amide bonds. The van der Waals surface area contributed by atoms with E-state index in [4.69, 9.17) is 5.11 Å². The Morgan fingerprint density at radius 1 is 1.29 bits per heavy atom. The third-order valence-corrected chi connectivity index (χ3v) is 4.21. The first-order valence-electron chi connectivity index (χ1n) is 6.56. The minimum absolute atomic E-state index is 0.198. The van der Waals surface area contributed by atoms with Gasteiger partial charge in [-0.1, -0.05) is 5.21 Å². The van der Waals surface area contributed by atoms with Gasteiger partial charge in [-0.25, -0.2) is 4.68 Å². The number of hydrogen-bond acceptors (Lipinski definition) is 3. The fourth-order valence-corrected chi connectivity index (χ4v) is 3.79. The largest absolute Gasteiger partial charge is 0.481 e. The number of carboxylic acid groups (broad SMARTS) is 1. The second-order valence-electron chi connectivity index (χ2n) is 4.83. The number of aliphatic carboxylic acids is 1. The summed E-state index contributed by atoms with van der Waals surface area (Å²) in [6, 6.07) is 4.04. The number of aryl methyl sites for hydroxylation is 2. The van der Waals surface area contributed by atoms with E-state index in [-0.39, 0.29) is 6.42 Å². The number of carbonyl (C=O) groups is 1. The van der Waals surface area contributed by atoms with Crippen LogP contribution in [0.5, 0.6) is 0 Å². The molecule has 1 aromatic heterocycles. The molecule has 1 heterocycles. The molecule has 1 aromatic carbocycles. The average Bonchev–Trinajstić information content (AvgIpc) is 2.81. The first kappa shape index (κ1) is 16.2. The van der Waals surface area contributed by atoms with Crippen molar-refractivity contribution in [2.24, 2.45) is 0 Å². The van der Waals surface area contributed by atoms with Crippen LogP contribution in [-0.2, 0) is 11.2 Å². The Morgan fingerprint density at radius 3 is 2.57 bits per heavy atom. The molecule has 2 aromatic rings. The Balaban J connectivity index is 2.08. The first-order chi connectivity index (χ1) is 9.97. The van der Waals surface area contributed by atoms with Crippen molar-refractivity contribution < 1.29 is 9.90 Å². The van der Waals surface area contributed by atoms with Gasteiger partial charge in [0.25, 0.3) is 0 Å². The van der Waals surface area contributed by atoms with Crippen LogP contribution in [0.4, 0.5) is 0 Å². The number of carboxylic acids is 1. The van der Waals surface area contributed by atoms with Crippen LogP contribution < -0.4 is 0 Å². The van der Waals surface area contributed by atoms with E-state index in [0.29, 0.717) is 6.42 Å². The molecule has 0 unspecified atom stereocenters. The van der Waals surface area contributed by atoms with E-state index in [2.05, 4.69) is 42.2 Å². The molecule has 0 aliphatic rings. The van der Waals surface area contributed by atoms with Crippen LogP contribution in [0.3, 0.4) is 0 Å². The highest BCUT2D eigenvalue weighted by atomic mass is 79.9. The van der Waals surface area contributed by atoms with Crippen LogP contribution in [0, 0.1) is 6.92 Å². The Kier molecular flexibility index (Phi) is 5.52. The molecule has 0 spiro atoms. The Morgan fingerprint density at radius 2 is 1.95 bits per heavy atom. The van der Waals surface area contributed by atoms with Gasteiger partial charge in [0.05, 0.1) is 17.6 Å². The second-order valence-corrected chi connectivity index (χ2v) is 6.54. The molecule has 0 bridgehead atoms. The third-order valence-electron chi connectivity index (χ3n) is 3.00. The van der Waals surface area contributed by atoms with Crippen molar-refractivity contribution in [1.82, 2.24) is 15.0 Å². The van der Waals surface area contributed by atoms with Gasteiger partial charge in [-0.15, -0.1) is 5.10 Å². The minimum Gasteiger partial charge on any atom is -0.481 e. The van der Waals surface area contributed by atoms with Gasteiger partial charge in [-0.05, 0) is 75.7 Å². The van der Waals surface area contributed by atoms with E-state index in [1.165, 1.54) is 0 Å². The molecule has 7 heteroatoms. The Hall–Kier alpha value is -1.21. The van der Waals surface area contributed by atoms with Crippen molar-refractivity contribution >= 4 is 37.8 Å². The lowest BCUT2D eigenvalue weighted by atomic mass is 10.1. The molecule has 0 aliphatic carbocycles. The molecule has 0 atom stereocenters. The Labute approximate surface area is 139 Å². The van der Waals surface area contributed by atoms with Gasteiger partial charge in [0.2, 0.25) is 0 Å². The average molecular weight is 417 g/mol. The summed E-state index contributed by atoms with van der Waals surface area (Å²) in [4.78, 5) is 10.5. The predicted octanol–water partition coefficient (Wildman–Crippen LogP) is 3.90. The SMILES string of the molecule is Cc1cc(Br)c(-n2cc(CCCCC(=O)O)nn2)c(Br)c1. The van der Waals surface area contributed by atoms with Gasteiger partial charge in [-0.3, -0.25) is 4.79 Å². The summed E-state index contributed by atoms with van der Waals surface area (Å²) in [6.07, 6.45) is 4.25. The lowest BCUT2D eigenvalue weighted by Gasteiger charge is -2.07. The highest BCUT2D eigenvalue weighted by Crippen LogP contribution is 2.30. The molecule has 0 radical (unpaired) electrons.